The van der Waals surface area contributed by atoms with Crippen LogP contribution in [0.3, 0.4) is 0 Å². The summed E-state index contributed by atoms with van der Waals surface area (Å²) < 4.78 is 0. The van der Waals surface area contributed by atoms with Crippen molar-refractivity contribution < 1.29 is 4.79 Å². The van der Waals surface area contributed by atoms with Gasteiger partial charge in [0.15, 0.2) is 11.6 Å². The number of nitrogens with one attached hydrogen (secondary N) is 1. The van der Waals surface area contributed by atoms with E-state index in [1.54, 1.807) is 30.3 Å². The van der Waals surface area contributed by atoms with Crippen LogP contribution in [0.2, 0.25) is 0 Å². The number of anilines is 1. The maximum absolute atomic E-state index is 13.0. The summed E-state index contributed by atoms with van der Waals surface area (Å²) >= 11 is 0. The number of hydrogen-bond acceptors (Lipinski definition) is 5. The van der Waals surface area contributed by atoms with Gasteiger partial charge in [0.05, 0.1) is 6.42 Å². The molecule has 0 saturated carbocycles. The van der Waals surface area contributed by atoms with Crippen molar-refractivity contribution in [3.8, 4) is 11.6 Å². The summed E-state index contributed by atoms with van der Waals surface area (Å²) in [6.45, 7) is 4.45. The first-order valence-corrected chi connectivity index (χ1v) is 9.30. The Morgan fingerprint density at radius 3 is 2.75 bits per heavy atom. The number of aromatic nitrogens is 4. The van der Waals surface area contributed by atoms with Crippen LogP contribution in [0, 0.1) is 13.8 Å². The molecule has 0 bridgehead atoms. The first-order valence-electron chi connectivity index (χ1n) is 9.30. The Kier molecular flexibility index (Phi) is 4.73. The predicted octanol–water partition coefficient (Wildman–Crippen LogP) is 2.37. The van der Waals surface area contributed by atoms with E-state index in [4.69, 9.17) is 0 Å². The standard InChI is InChI=1S/C21H21N5O2/c1-13-6-7-17-15(11-13)5-3-10-26(17)18(27)12-16-14(2)24-20(25-21(16)28)19-22-8-4-9-23-19/h4,6-9,11H,3,5,10,12H2,1-2H3,(H,24,25,28). The van der Waals surface area contributed by atoms with E-state index in [2.05, 4.69) is 26.0 Å². The number of carbonyl (C=O) groups is 1. The minimum atomic E-state index is -0.329. The largest absolute Gasteiger partial charge is 0.312 e. The number of aromatic amines is 1. The molecule has 0 fully saturated rings. The molecule has 7 nitrogen and oxygen atoms in total. The Bertz CT molecular complexity index is 1090. The third-order valence-corrected chi connectivity index (χ3v) is 4.98. The second-order valence-electron chi connectivity index (χ2n) is 7.01. The molecule has 1 aromatic carbocycles. The summed E-state index contributed by atoms with van der Waals surface area (Å²) in [5.74, 6) is 0.558. The van der Waals surface area contributed by atoms with Crippen LogP contribution < -0.4 is 10.5 Å². The smallest absolute Gasteiger partial charge is 0.255 e. The van der Waals surface area contributed by atoms with Crippen LogP contribution in [0.5, 0.6) is 0 Å². The number of aryl methyl sites for hydroxylation is 3. The van der Waals surface area contributed by atoms with Crippen LogP contribution >= 0.6 is 0 Å². The molecule has 28 heavy (non-hydrogen) atoms. The zero-order valence-electron chi connectivity index (χ0n) is 15.9. The molecular weight excluding hydrogens is 354 g/mol. The average Bonchev–Trinajstić information content (AvgIpc) is 2.70. The van der Waals surface area contributed by atoms with Gasteiger partial charge in [-0.15, -0.1) is 0 Å². The highest BCUT2D eigenvalue weighted by atomic mass is 16.2. The van der Waals surface area contributed by atoms with Crippen molar-refractivity contribution in [1.82, 2.24) is 19.9 Å². The molecule has 7 heteroatoms. The molecule has 0 spiro atoms. The second kappa shape index (κ2) is 7.34. The maximum atomic E-state index is 13.0. The summed E-state index contributed by atoms with van der Waals surface area (Å²) in [7, 11) is 0. The summed E-state index contributed by atoms with van der Waals surface area (Å²) in [5, 5.41) is 0. The molecule has 1 aliphatic rings. The molecule has 1 aliphatic heterocycles. The van der Waals surface area contributed by atoms with E-state index >= 15 is 0 Å². The van der Waals surface area contributed by atoms with Gasteiger partial charge >= 0.3 is 0 Å². The lowest BCUT2D eigenvalue weighted by atomic mass is 9.99. The molecule has 3 heterocycles. The van der Waals surface area contributed by atoms with Crippen molar-refractivity contribution in [1.29, 1.82) is 0 Å². The normalized spacial score (nSPS) is 13.3. The fourth-order valence-corrected chi connectivity index (χ4v) is 3.58. The number of amides is 1. The Labute approximate surface area is 162 Å². The van der Waals surface area contributed by atoms with E-state index in [1.807, 2.05) is 19.1 Å². The predicted molar refractivity (Wildman–Crippen MR) is 106 cm³/mol. The Balaban J connectivity index is 1.62. The van der Waals surface area contributed by atoms with Crippen molar-refractivity contribution in [2.45, 2.75) is 33.1 Å². The van der Waals surface area contributed by atoms with E-state index in [0.29, 0.717) is 29.5 Å². The summed E-state index contributed by atoms with van der Waals surface area (Å²) in [5.41, 5.74) is 3.87. The van der Waals surface area contributed by atoms with Crippen LogP contribution in [0.1, 0.15) is 28.8 Å². The van der Waals surface area contributed by atoms with E-state index < -0.39 is 0 Å². The Morgan fingerprint density at radius 1 is 1.21 bits per heavy atom. The van der Waals surface area contributed by atoms with Crippen molar-refractivity contribution in [3.05, 3.63) is 69.4 Å². The third-order valence-electron chi connectivity index (χ3n) is 4.98. The van der Waals surface area contributed by atoms with Crippen molar-refractivity contribution in [3.63, 3.8) is 0 Å². The zero-order chi connectivity index (χ0) is 19.7. The molecule has 0 atom stereocenters. The number of rotatable bonds is 3. The van der Waals surface area contributed by atoms with Gasteiger partial charge in [-0.05, 0) is 44.4 Å². The van der Waals surface area contributed by atoms with E-state index in [-0.39, 0.29) is 17.9 Å². The molecule has 1 amide bonds. The topological polar surface area (TPSA) is 91.8 Å². The summed E-state index contributed by atoms with van der Waals surface area (Å²) in [4.78, 5) is 42.7. The molecule has 2 aromatic heterocycles. The van der Waals surface area contributed by atoms with E-state index in [1.165, 1.54) is 11.1 Å². The number of fused-ring (bicyclic) bond motifs is 1. The lowest BCUT2D eigenvalue weighted by Gasteiger charge is -2.30. The van der Waals surface area contributed by atoms with Crippen LogP contribution in [0.4, 0.5) is 5.69 Å². The highest BCUT2D eigenvalue weighted by molar-refractivity contribution is 5.96. The van der Waals surface area contributed by atoms with Gasteiger partial charge in [0.2, 0.25) is 5.91 Å². The van der Waals surface area contributed by atoms with Gasteiger partial charge in [0, 0.05) is 35.9 Å². The molecule has 142 valence electrons. The van der Waals surface area contributed by atoms with Crippen LogP contribution in [-0.2, 0) is 17.6 Å². The Hall–Kier alpha value is -3.35. The van der Waals surface area contributed by atoms with Gasteiger partial charge in [-0.25, -0.2) is 15.0 Å². The second-order valence-corrected chi connectivity index (χ2v) is 7.01. The lowest BCUT2D eigenvalue weighted by molar-refractivity contribution is -0.118. The molecule has 1 N–H and O–H groups in total. The van der Waals surface area contributed by atoms with Gasteiger partial charge in [0.25, 0.3) is 5.56 Å². The van der Waals surface area contributed by atoms with Crippen molar-refractivity contribution in [2.24, 2.45) is 0 Å². The molecule has 0 saturated heterocycles. The molecule has 0 radical (unpaired) electrons. The zero-order valence-corrected chi connectivity index (χ0v) is 15.9. The summed E-state index contributed by atoms with van der Waals surface area (Å²) in [6, 6.07) is 7.83. The van der Waals surface area contributed by atoms with E-state index in [9.17, 15) is 9.59 Å². The minimum absolute atomic E-state index is 0.0113. The lowest BCUT2D eigenvalue weighted by Crippen LogP contribution is -2.38. The molecule has 0 unspecified atom stereocenters. The van der Waals surface area contributed by atoms with Crippen molar-refractivity contribution >= 4 is 11.6 Å². The van der Waals surface area contributed by atoms with Crippen LogP contribution in [0.25, 0.3) is 11.6 Å². The number of hydrogen-bond donors (Lipinski definition) is 1. The van der Waals surface area contributed by atoms with Gasteiger partial charge < -0.3 is 9.88 Å². The number of carbonyl (C=O) groups excluding carboxylic acids is 1. The molecule has 4 rings (SSSR count). The number of nitrogens with zero attached hydrogens (tertiary/aromatic N) is 4. The van der Waals surface area contributed by atoms with Gasteiger partial charge in [-0.1, -0.05) is 17.7 Å². The van der Waals surface area contributed by atoms with Crippen LogP contribution in [-0.4, -0.2) is 32.4 Å². The maximum Gasteiger partial charge on any atom is 0.255 e. The minimum Gasteiger partial charge on any atom is -0.312 e. The quantitative estimate of drug-likeness (QED) is 0.759. The summed E-state index contributed by atoms with van der Waals surface area (Å²) in [6.07, 6.45) is 5.07. The first kappa shape index (κ1) is 18.0. The van der Waals surface area contributed by atoms with Crippen LogP contribution in [0.15, 0.2) is 41.5 Å². The van der Waals surface area contributed by atoms with E-state index in [0.717, 1.165) is 18.5 Å². The molecule has 0 aliphatic carbocycles. The highest BCUT2D eigenvalue weighted by Crippen LogP contribution is 2.28. The Morgan fingerprint density at radius 2 is 2.00 bits per heavy atom. The average molecular weight is 375 g/mol. The van der Waals surface area contributed by atoms with Crippen molar-refractivity contribution in [2.75, 3.05) is 11.4 Å². The molecular formula is C21H21N5O2. The number of H-pyrrole nitrogens is 1. The van der Waals surface area contributed by atoms with Gasteiger partial charge in [0.1, 0.15) is 0 Å². The number of benzene rings is 1. The highest BCUT2D eigenvalue weighted by Gasteiger charge is 2.24. The monoisotopic (exact) mass is 375 g/mol. The SMILES string of the molecule is Cc1ccc2c(c1)CCCN2C(=O)Cc1c(C)nc(-c2ncccn2)[nH]c1=O. The first-order chi connectivity index (χ1) is 13.5. The van der Waals surface area contributed by atoms with Gasteiger partial charge in [-0.3, -0.25) is 9.59 Å². The third kappa shape index (κ3) is 3.43. The van der Waals surface area contributed by atoms with Gasteiger partial charge in [-0.2, -0.15) is 0 Å². The fourth-order valence-electron chi connectivity index (χ4n) is 3.58. The molecule has 3 aromatic rings. The fraction of sp³-hybridized carbons (Fsp3) is 0.286.